The van der Waals surface area contributed by atoms with E-state index in [2.05, 4.69) is 20.5 Å². The van der Waals surface area contributed by atoms with Crippen LogP contribution in [0.5, 0.6) is 0 Å². The molecular weight excluding hydrogens is 346 g/mol. The van der Waals surface area contributed by atoms with E-state index in [4.69, 9.17) is 0 Å². The number of amides is 2. The van der Waals surface area contributed by atoms with Crippen molar-refractivity contribution in [3.63, 3.8) is 0 Å². The van der Waals surface area contributed by atoms with Gasteiger partial charge >= 0.3 is 0 Å². The lowest BCUT2D eigenvalue weighted by atomic mass is 10.0. The summed E-state index contributed by atoms with van der Waals surface area (Å²) in [6.45, 7) is 6.13. The highest BCUT2D eigenvalue weighted by atomic mass is 16.2. The van der Waals surface area contributed by atoms with Crippen molar-refractivity contribution in [2.45, 2.75) is 32.4 Å². The number of fused-ring (bicyclic) bond motifs is 1. The predicted octanol–water partition coefficient (Wildman–Crippen LogP) is 0.0878. The van der Waals surface area contributed by atoms with E-state index in [1.807, 2.05) is 18.2 Å². The van der Waals surface area contributed by atoms with Crippen LogP contribution in [-0.2, 0) is 16.1 Å². The Morgan fingerprint density at radius 3 is 2.70 bits per heavy atom. The first kappa shape index (κ1) is 17.8. The highest BCUT2D eigenvalue weighted by Crippen LogP contribution is 2.22. The summed E-state index contributed by atoms with van der Waals surface area (Å²) in [7, 11) is 0. The summed E-state index contributed by atoms with van der Waals surface area (Å²) in [5.41, 5.74) is 1.36. The average Bonchev–Trinajstić information content (AvgIpc) is 2.64. The van der Waals surface area contributed by atoms with Crippen LogP contribution in [0.2, 0.25) is 0 Å². The molecule has 0 bridgehead atoms. The molecule has 0 spiro atoms. The van der Waals surface area contributed by atoms with E-state index in [1.165, 1.54) is 4.57 Å². The summed E-state index contributed by atoms with van der Waals surface area (Å²) in [5.74, 6) is -0.242. The van der Waals surface area contributed by atoms with Crippen LogP contribution in [0.1, 0.15) is 30.3 Å². The Bertz CT molecular complexity index is 962. The van der Waals surface area contributed by atoms with Gasteiger partial charge in [-0.15, -0.1) is 0 Å². The van der Waals surface area contributed by atoms with Gasteiger partial charge in [0.05, 0.1) is 10.9 Å². The lowest BCUT2D eigenvalue weighted by molar-refractivity contribution is -0.135. The molecule has 4 rings (SSSR count). The number of rotatable bonds is 3. The fraction of sp³-hybridized carbons (Fsp3) is 0.474. The van der Waals surface area contributed by atoms with Crippen LogP contribution in [0.25, 0.3) is 10.9 Å². The molecule has 0 saturated carbocycles. The maximum atomic E-state index is 13.4. The number of aryl methyl sites for hydroxylation is 1. The van der Waals surface area contributed by atoms with E-state index in [1.54, 1.807) is 6.92 Å². The summed E-state index contributed by atoms with van der Waals surface area (Å²) >= 11 is 0. The van der Waals surface area contributed by atoms with Gasteiger partial charge in [-0.2, -0.15) is 0 Å². The number of nitrogens with zero attached hydrogens (tertiary/aromatic N) is 3. The second kappa shape index (κ2) is 7.21. The number of hydrogen-bond acceptors (Lipinski definition) is 6. The van der Waals surface area contributed by atoms with Gasteiger partial charge in [0.1, 0.15) is 11.9 Å². The number of carbonyl (C=O) groups is 2. The molecule has 2 N–H and O–H groups in total. The number of hydrogen-bond donors (Lipinski definition) is 2. The van der Waals surface area contributed by atoms with Crippen LogP contribution in [0.3, 0.4) is 0 Å². The molecule has 1 aromatic carbocycles. The SMILES string of the molecule is Cc1nc2cccc(CN3CCNCC3)c2c(=O)n1C1CCC(=O)NC1=O. The minimum Gasteiger partial charge on any atom is -0.314 e. The average molecular weight is 369 g/mol. The molecule has 142 valence electrons. The zero-order chi connectivity index (χ0) is 19.0. The maximum absolute atomic E-state index is 13.4. The zero-order valence-corrected chi connectivity index (χ0v) is 15.3. The monoisotopic (exact) mass is 369 g/mol. The number of piperazine rings is 1. The molecule has 1 unspecified atom stereocenters. The van der Waals surface area contributed by atoms with Gasteiger partial charge in [-0.05, 0) is 25.0 Å². The molecule has 2 aliphatic rings. The Morgan fingerprint density at radius 1 is 1.19 bits per heavy atom. The van der Waals surface area contributed by atoms with Crippen molar-refractivity contribution in [2.24, 2.45) is 0 Å². The van der Waals surface area contributed by atoms with Crippen LogP contribution in [0.15, 0.2) is 23.0 Å². The molecule has 1 aromatic heterocycles. The van der Waals surface area contributed by atoms with E-state index < -0.39 is 11.9 Å². The van der Waals surface area contributed by atoms with E-state index in [0.717, 1.165) is 31.7 Å². The smallest absolute Gasteiger partial charge is 0.262 e. The van der Waals surface area contributed by atoms with Crippen molar-refractivity contribution in [3.05, 3.63) is 39.9 Å². The van der Waals surface area contributed by atoms with Gasteiger partial charge < -0.3 is 5.32 Å². The second-order valence-corrected chi connectivity index (χ2v) is 7.14. The summed E-state index contributed by atoms with van der Waals surface area (Å²) in [6, 6.07) is 5.01. The standard InChI is InChI=1S/C19H23N5O3/c1-12-21-14-4-2-3-13(11-23-9-7-20-8-10-23)17(14)19(27)24(12)15-5-6-16(25)22-18(15)26/h2-4,15,20H,5-11H2,1H3,(H,22,25,26). The summed E-state index contributed by atoms with van der Waals surface area (Å²) < 4.78 is 1.45. The summed E-state index contributed by atoms with van der Waals surface area (Å²) in [5, 5.41) is 6.22. The minimum absolute atomic E-state index is 0.210. The molecule has 2 saturated heterocycles. The molecule has 8 heteroatoms. The summed E-state index contributed by atoms with van der Waals surface area (Å²) in [4.78, 5) is 44.0. The predicted molar refractivity (Wildman–Crippen MR) is 100 cm³/mol. The minimum atomic E-state index is -0.695. The van der Waals surface area contributed by atoms with Crippen molar-refractivity contribution in [2.75, 3.05) is 26.2 Å². The number of nitrogens with one attached hydrogen (secondary N) is 2. The molecular formula is C19H23N5O3. The van der Waals surface area contributed by atoms with Gasteiger partial charge in [0, 0.05) is 39.1 Å². The Kier molecular flexibility index (Phi) is 4.75. The molecule has 0 radical (unpaired) electrons. The number of carbonyl (C=O) groups excluding carboxylic acids is 2. The van der Waals surface area contributed by atoms with Gasteiger partial charge in [-0.25, -0.2) is 4.98 Å². The van der Waals surface area contributed by atoms with Gasteiger partial charge in [0.15, 0.2) is 0 Å². The van der Waals surface area contributed by atoms with Crippen molar-refractivity contribution >= 4 is 22.7 Å². The molecule has 1 atom stereocenters. The van der Waals surface area contributed by atoms with Crippen LogP contribution in [-0.4, -0.2) is 52.4 Å². The Hall–Kier alpha value is -2.58. The third-order valence-corrected chi connectivity index (χ3v) is 5.32. The maximum Gasteiger partial charge on any atom is 0.262 e. The van der Waals surface area contributed by atoms with Crippen molar-refractivity contribution in [3.8, 4) is 0 Å². The van der Waals surface area contributed by atoms with Crippen LogP contribution >= 0.6 is 0 Å². The van der Waals surface area contributed by atoms with E-state index in [0.29, 0.717) is 29.7 Å². The normalized spacial score (nSPS) is 21.4. The van der Waals surface area contributed by atoms with E-state index in [-0.39, 0.29) is 17.9 Å². The molecule has 27 heavy (non-hydrogen) atoms. The van der Waals surface area contributed by atoms with Crippen molar-refractivity contribution in [1.82, 2.24) is 25.1 Å². The van der Waals surface area contributed by atoms with Crippen LogP contribution in [0.4, 0.5) is 0 Å². The highest BCUT2D eigenvalue weighted by molar-refractivity contribution is 5.99. The Morgan fingerprint density at radius 2 is 1.96 bits per heavy atom. The molecule has 2 amide bonds. The summed E-state index contributed by atoms with van der Waals surface area (Å²) in [6.07, 6.45) is 0.543. The van der Waals surface area contributed by atoms with Gasteiger partial charge in [0.2, 0.25) is 11.8 Å². The third-order valence-electron chi connectivity index (χ3n) is 5.32. The molecule has 3 heterocycles. The number of piperidine rings is 1. The first-order valence-electron chi connectivity index (χ1n) is 9.32. The lowest BCUT2D eigenvalue weighted by Gasteiger charge is -2.28. The third kappa shape index (κ3) is 3.38. The quantitative estimate of drug-likeness (QED) is 0.745. The van der Waals surface area contributed by atoms with Gasteiger partial charge in [0.25, 0.3) is 5.56 Å². The van der Waals surface area contributed by atoms with Crippen LogP contribution in [0, 0.1) is 6.92 Å². The van der Waals surface area contributed by atoms with Crippen molar-refractivity contribution in [1.29, 1.82) is 0 Å². The molecule has 0 aliphatic carbocycles. The number of benzene rings is 1. The largest absolute Gasteiger partial charge is 0.314 e. The fourth-order valence-corrected chi connectivity index (χ4v) is 3.96. The molecule has 8 nitrogen and oxygen atoms in total. The van der Waals surface area contributed by atoms with Gasteiger partial charge in [-0.1, -0.05) is 12.1 Å². The highest BCUT2D eigenvalue weighted by Gasteiger charge is 2.30. The van der Waals surface area contributed by atoms with Gasteiger partial charge in [-0.3, -0.25) is 29.2 Å². The zero-order valence-electron chi connectivity index (χ0n) is 15.3. The van der Waals surface area contributed by atoms with Crippen LogP contribution < -0.4 is 16.2 Å². The molecule has 2 fully saturated rings. The van der Waals surface area contributed by atoms with E-state index >= 15 is 0 Å². The first-order valence-corrected chi connectivity index (χ1v) is 9.32. The molecule has 2 aromatic rings. The lowest BCUT2D eigenvalue weighted by Crippen LogP contribution is -2.45. The second-order valence-electron chi connectivity index (χ2n) is 7.14. The molecule has 2 aliphatic heterocycles. The van der Waals surface area contributed by atoms with Crippen molar-refractivity contribution < 1.29 is 9.59 Å². The Labute approximate surface area is 156 Å². The topological polar surface area (TPSA) is 96.3 Å². The fourth-order valence-electron chi connectivity index (χ4n) is 3.96. The Balaban J connectivity index is 1.79. The van der Waals surface area contributed by atoms with E-state index in [9.17, 15) is 14.4 Å². The number of aromatic nitrogens is 2. The first-order chi connectivity index (χ1) is 13.0. The number of imide groups is 1.